The number of fused-ring (bicyclic) bond motifs is 1. The number of phenols is 1. The Bertz CT molecular complexity index is 3780. The fraction of sp³-hybridized carbons (Fsp3) is 0.514. The van der Waals surface area contributed by atoms with Crippen LogP contribution in [0.1, 0.15) is 112 Å². The van der Waals surface area contributed by atoms with Crippen LogP contribution >= 0.6 is 21.6 Å². The van der Waals surface area contributed by atoms with Crippen LogP contribution in [0.15, 0.2) is 84.0 Å². The number of carboxylic acids is 1. The zero-order chi connectivity index (χ0) is 77.0. The molecule has 3 fully saturated rings. The molecule has 1 unspecified atom stereocenters. The molecule has 34 nitrogen and oxygen atoms in total. The summed E-state index contributed by atoms with van der Waals surface area (Å²) < 4.78 is 0. The number of hydrogen-bond donors (Lipinski definition) is 19. The lowest BCUT2D eigenvalue weighted by Crippen LogP contribution is -2.62. The minimum absolute atomic E-state index is 0.0221. The van der Waals surface area contributed by atoms with Gasteiger partial charge in [-0.1, -0.05) is 89.0 Å². The van der Waals surface area contributed by atoms with Crippen LogP contribution in [-0.4, -0.2) is 212 Å². The monoisotopic (exact) mass is 1510 g/mol. The summed E-state index contributed by atoms with van der Waals surface area (Å²) in [7, 11) is 1.79. The minimum atomic E-state index is -1.74. The summed E-state index contributed by atoms with van der Waals surface area (Å²) >= 11 is 0. The van der Waals surface area contributed by atoms with Gasteiger partial charge in [0.1, 0.15) is 60.3 Å². The number of primary amides is 2. The molecule has 3 heterocycles. The van der Waals surface area contributed by atoms with Crippen molar-refractivity contribution in [2.75, 3.05) is 37.7 Å². The number of nitrogens with one attached hydrogen (secondary N) is 11. The van der Waals surface area contributed by atoms with Crippen molar-refractivity contribution in [3.05, 3.63) is 101 Å². The molecule has 1 aliphatic carbocycles. The van der Waals surface area contributed by atoms with Crippen LogP contribution < -0.4 is 81.8 Å². The number of aromatic hydroxyl groups is 1. The van der Waals surface area contributed by atoms with Crippen LogP contribution in [0.3, 0.4) is 0 Å². The number of aliphatic carboxylic acids is 1. The number of phenolic OH excluding ortho intramolecular Hbond substituents is 1. The van der Waals surface area contributed by atoms with Gasteiger partial charge < -0.3 is 102 Å². The molecule has 11 atom stereocenters. The van der Waals surface area contributed by atoms with Gasteiger partial charge >= 0.3 is 5.97 Å². The highest BCUT2D eigenvalue weighted by atomic mass is 33.1. The molecule has 2 saturated heterocycles. The Hall–Kier alpha value is -10.0. The first-order valence-electron chi connectivity index (χ1n) is 35.3. The van der Waals surface area contributed by atoms with Crippen molar-refractivity contribution in [2.45, 2.75) is 183 Å². The zero-order valence-electron chi connectivity index (χ0n) is 58.9. The number of benzene rings is 3. The number of H-pyrrole nitrogens is 1. The molecule has 4 aromatic rings. The van der Waals surface area contributed by atoms with Gasteiger partial charge in [0.2, 0.25) is 70.9 Å². The summed E-state index contributed by atoms with van der Waals surface area (Å²) in [5.74, 6) is -13.2. The van der Waals surface area contributed by atoms with Crippen LogP contribution in [0, 0.1) is 12.8 Å². The Morgan fingerprint density at radius 1 is 0.689 bits per heavy atom. The average Bonchev–Trinajstić information content (AvgIpc) is 1.60. The molecule has 3 aromatic carbocycles. The van der Waals surface area contributed by atoms with E-state index in [0.29, 0.717) is 59.7 Å². The quantitative estimate of drug-likeness (QED) is 0.0149. The minimum Gasteiger partial charge on any atom is -0.508 e. The fourth-order valence-electron chi connectivity index (χ4n) is 12.8. The van der Waals surface area contributed by atoms with Gasteiger partial charge in [-0.05, 0) is 111 Å². The van der Waals surface area contributed by atoms with Crippen LogP contribution in [-0.2, 0) is 81.6 Å². The Morgan fingerprint density at radius 2 is 1.36 bits per heavy atom. The van der Waals surface area contributed by atoms with Crippen molar-refractivity contribution >= 4 is 115 Å². The van der Waals surface area contributed by atoms with Gasteiger partial charge in [0.15, 0.2) is 5.96 Å². The number of carbonyl (C=O) groups is 13. The zero-order valence-corrected chi connectivity index (χ0v) is 60.6. The summed E-state index contributed by atoms with van der Waals surface area (Å²) in [6, 6.07) is 5.50. The third-order valence-corrected chi connectivity index (χ3v) is 21.0. The molecule has 1 aromatic heterocycles. The number of amides is 12. The smallest absolute Gasteiger partial charge is 0.303 e. The highest BCUT2D eigenvalue weighted by molar-refractivity contribution is 8.76. The molecular weight excluding hydrogens is 1410 g/mol. The molecule has 24 N–H and O–H groups in total. The largest absolute Gasteiger partial charge is 0.508 e. The summed E-state index contributed by atoms with van der Waals surface area (Å²) in [4.78, 5) is 191. The number of hydrogen-bond acceptors (Lipinski definition) is 20. The third kappa shape index (κ3) is 25.9. The molecular formula is C70H98N18O16S2. The van der Waals surface area contributed by atoms with E-state index in [1.54, 1.807) is 48.7 Å². The Kier molecular flexibility index (Phi) is 32.7. The molecule has 7 rings (SSSR count). The normalized spacial score (nSPS) is 23.6. The van der Waals surface area contributed by atoms with Crippen molar-refractivity contribution in [2.24, 2.45) is 39.6 Å². The van der Waals surface area contributed by atoms with Gasteiger partial charge in [-0.25, -0.2) is 0 Å². The number of nitrogens with zero attached hydrogens (tertiary/aromatic N) is 2. The standard InChI is InChI=1S/C70H98N18O16S2/c1-38-10-2-3-13-41(38)33-50-65(100)80-46(16-8-29-77-70(74)75)61(96)76-30-27-56(91)79-47(22-24-55(72)90)62(97)82-51(34-42-35-78-45-15-7-6-14-44(42)45)66(101)81-48(23-25-58(93)94)63(98)85-52(60(73)95)36-105-106-37-53(67(102)87-59(69(104)84-50)40-11-4-5-12-40)86-64(99)49(32-39-18-20-43(89)21-19-39)83-68(103)54-17-9-31-88(54)57(92)26-28-71/h2-3,6-7,10,13-15,18-21,35,40,46-54,59,65,78,80,89,100H,4-5,8-9,11-12,16-17,22-34,36-37,71H2,1H3,(H2,72,90)(H2,73,95)(H,76,96)(H,79,91)(H,81,101)(H,82,97)(H,83,103)(H,84,104)(H,85,98)(H,86,99)(H,87,102)(H,93,94)(H4,74,75,77)/t46-,47-,48-,49-,50-,51-,52-,53-,54-,59-,65?/m0/s1. The second-order valence-electron chi connectivity index (χ2n) is 26.5. The van der Waals surface area contributed by atoms with E-state index in [2.05, 4.69) is 63.1 Å². The molecule has 576 valence electrons. The van der Waals surface area contributed by atoms with Gasteiger partial charge in [0.25, 0.3) is 0 Å². The van der Waals surface area contributed by atoms with Crippen LogP contribution in [0.2, 0.25) is 0 Å². The number of carboxylic acid groups (broad SMARTS) is 1. The van der Waals surface area contributed by atoms with E-state index in [0.717, 1.165) is 27.2 Å². The number of aliphatic hydroxyl groups is 1. The van der Waals surface area contributed by atoms with Crippen molar-refractivity contribution in [3.8, 4) is 5.75 Å². The number of aliphatic hydroxyl groups excluding tert-OH is 1. The van der Waals surface area contributed by atoms with Gasteiger partial charge in [-0.2, -0.15) is 0 Å². The number of rotatable bonds is 24. The summed E-state index contributed by atoms with van der Waals surface area (Å²) in [6.45, 7) is 1.75. The topological polar surface area (TPSA) is 564 Å². The number of para-hydroxylation sites is 1. The SMILES string of the molecule is Cc1ccccc1C[C@@H]1NC(=O)[C@H](C2CCCC2)NC(=O)[C@@H](NC(=O)[C@H](Cc2ccc(O)cc2)NC(=O)[C@@H]2CCCN2C(=O)CCN)CSSC[C@@H](C(N)=O)NC(=O)[C@H](CCC(=O)O)NC(=O)[C@H](Cc2c[nH]c3ccccc23)NC(=O)[C@H](CCC(N)=O)NC(=O)CCNC(=O)[C@H](CCCN=C(N)N)NC1O. The number of carbonyl (C=O) groups excluding carboxylic acids is 12. The van der Waals surface area contributed by atoms with Gasteiger partial charge in [0, 0.05) is 93.3 Å². The number of guanidine groups is 1. The number of aromatic nitrogens is 1. The van der Waals surface area contributed by atoms with Crippen molar-refractivity contribution < 1.29 is 77.6 Å². The highest BCUT2D eigenvalue weighted by Gasteiger charge is 2.41. The fourth-order valence-corrected chi connectivity index (χ4v) is 15.1. The molecule has 2 aliphatic heterocycles. The number of aliphatic imine (C=N–C) groups is 1. The van der Waals surface area contributed by atoms with E-state index in [1.165, 1.54) is 29.2 Å². The van der Waals surface area contributed by atoms with Gasteiger partial charge in [-0.3, -0.25) is 72.6 Å². The Labute approximate surface area is 620 Å². The lowest BCUT2D eigenvalue weighted by Gasteiger charge is -2.32. The average molecular weight is 1510 g/mol. The second-order valence-corrected chi connectivity index (χ2v) is 29.0. The molecule has 3 aliphatic rings. The van der Waals surface area contributed by atoms with Crippen LogP contribution in [0.5, 0.6) is 5.75 Å². The maximum atomic E-state index is 15.3. The number of nitrogens with two attached hydrogens (primary N) is 5. The van der Waals surface area contributed by atoms with E-state index in [-0.39, 0.29) is 107 Å². The number of aromatic amines is 1. The molecule has 0 radical (unpaired) electrons. The van der Waals surface area contributed by atoms with E-state index in [1.807, 2.05) is 13.0 Å². The predicted octanol–water partition coefficient (Wildman–Crippen LogP) is -2.53. The Balaban J connectivity index is 1.28. The molecule has 1 saturated carbocycles. The molecule has 0 bridgehead atoms. The first kappa shape index (κ1) is 83.2. The van der Waals surface area contributed by atoms with E-state index < -0.39 is 169 Å². The number of aryl methyl sites for hydroxylation is 1. The molecule has 0 spiro atoms. The van der Waals surface area contributed by atoms with E-state index in [4.69, 9.17) is 28.7 Å². The lowest BCUT2D eigenvalue weighted by atomic mass is 9.95. The predicted molar refractivity (Wildman–Crippen MR) is 394 cm³/mol. The third-order valence-electron chi connectivity index (χ3n) is 18.6. The molecule has 106 heavy (non-hydrogen) atoms. The Morgan fingerprint density at radius 3 is 2.06 bits per heavy atom. The van der Waals surface area contributed by atoms with Crippen LogP contribution in [0.4, 0.5) is 0 Å². The maximum absolute atomic E-state index is 15.3. The number of likely N-dealkylation sites (tertiary alicyclic amines) is 1. The second kappa shape index (κ2) is 41.6. The summed E-state index contributed by atoms with van der Waals surface area (Å²) in [5.41, 5.74) is 31.4. The highest BCUT2D eigenvalue weighted by Crippen LogP contribution is 2.30. The van der Waals surface area contributed by atoms with Crippen molar-refractivity contribution in [1.29, 1.82) is 0 Å². The molecule has 12 amide bonds. The van der Waals surface area contributed by atoms with E-state index in [9.17, 15) is 63.3 Å². The first-order valence-corrected chi connectivity index (χ1v) is 37.8. The van der Waals surface area contributed by atoms with Crippen LogP contribution in [0.25, 0.3) is 10.9 Å². The van der Waals surface area contributed by atoms with E-state index >= 15 is 14.4 Å². The van der Waals surface area contributed by atoms with Gasteiger partial charge in [-0.15, -0.1) is 0 Å². The maximum Gasteiger partial charge on any atom is 0.303 e. The van der Waals surface area contributed by atoms with Crippen molar-refractivity contribution in [1.82, 2.24) is 63.1 Å². The van der Waals surface area contributed by atoms with Gasteiger partial charge in [0.05, 0.1) is 12.1 Å². The molecule has 36 heteroatoms. The summed E-state index contributed by atoms with van der Waals surface area (Å²) in [6.07, 6.45) is -0.269. The summed E-state index contributed by atoms with van der Waals surface area (Å²) in [5, 5.41) is 60.3. The van der Waals surface area contributed by atoms with Crippen molar-refractivity contribution in [3.63, 3.8) is 0 Å². The lowest BCUT2D eigenvalue weighted by molar-refractivity contribution is -0.139. The first-order chi connectivity index (χ1) is 50.7.